The zero-order valence-corrected chi connectivity index (χ0v) is 15.6. The molecule has 0 aliphatic carbocycles. The molecule has 0 saturated carbocycles. The Kier molecular flexibility index (Phi) is 5.22. The zero-order valence-electron chi connectivity index (χ0n) is 14.7. The lowest BCUT2D eigenvalue weighted by Crippen LogP contribution is -2.53. The van der Waals surface area contributed by atoms with Gasteiger partial charge in [0, 0.05) is 19.2 Å². The van der Waals surface area contributed by atoms with Gasteiger partial charge in [-0.3, -0.25) is 9.59 Å². The molecule has 3 heterocycles. The maximum atomic E-state index is 12.9. The molecule has 4 rings (SSSR count). The summed E-state index contributed by atoms with van der Waals surface area (Å²) >= 11 is 1.58. The van der Waals surface area contributed by atoms with E-state index >= 15 is 0 Å². The summed E-state index contributed by atoms with van der Waals surface area (Å²) in [7, 11) is 0. The third-order valence-corrected chi connectivity index (χ3v) is 5.30. The molecule has 1 unspecified atom stereocenters. The summed E-state index contributed by atoms with van der Waals surface area (Å²) in [6.07, 6.45) is 2.62. The van der Waals surface area contributed by atoms with Crippen LogP contribution in [0.2, 0.25) is 0 Å². The van der Waals surface area contributed by atoms with Gasteiger partial charge in [-0.05, 0) is 40.6 Å². The number of anilines is 1. The predicted molar refractivity (Wildman–Crippen MR) is 104 cm³/mol. The van der Waals surface area contributed by atoms with E-state index in [1.165, 1.54) is 0 Å². The van der Waals surface area contributed by atoms with Crippen LogP contribution < -0.4 is 9.64 Å². The van der Waals surface area contributed by atoms with Crippen molar-refractivity contribution in [3.8, 4) is 5.75 Å². The Morgan fingerprint density at radius 1 is 1.15 bits per heavy atom. The maximum Gasteiger partial charge on any atom is 0.265 e. The number of hydrogen-bond acceptors (Lipinski definition) is 5. The molecule has 0 radical (unpaired) electrons. The second-order valence-corrected chi connectivity index (χ2v) is 7.13. The van der Waals surface area contributed by atoms with Crippen LogP contribution in [-0.4, -0.2) is 55.7 Å². The fraction of sp³-hybridized carbons (Fsp3) is 0.300. The van der Waals surface area contributed by atoms with Gasteiger partial charge in [-0.1, -0.05) is 12.1 Å². The van der Waals surface area contributed by atoms with Crippen LogP contribution >= 0.6 is 11.3 Å². The largest absolute Gasteiger partial charge is 0.476 e. The number of fused-ring (bicyclic) bond motifs is 1. The van der Waals surface area contributed by atoms with Crippen molar-refractivity contribution in [1.82, 2.24) is 4.90 Å². The van der Waals surface area contributed by atoms with E-state index in [1.54, 1.807) is 39.4 Å². The number of thiophene rings is 1. The zero-order chi connectivity index (χ0) is 18.6. The minimum Gasteiger partial charge on any atom is -0.476 e. The molecule has 27 heavy (non-hydrogen) atoms. The van der Waals surface area contributed by atoms with Gasteiger partial charge in [-0.25, -0.2) is 0 Å². The van der Waals surface area contributed by atoms with Gasteiger partial charge in [0.25, 0.3) is 11.8 Å². The molecule has 1 atom stereocenters. The van der Waals surface area contributed by atoms with E-state index in [4.69, 9.17) is 9.47 Å². The van der Waals surface area contributed by atoms with Crippen molar-refractivity contribution in [2.24, 2.45) is 0 Å². The van der Waals surface area contributed by atoms with Crippen molar-refractivity contribution in [3.05, 3.63) is 52.7 Å². The number of carbonyl (C=O) groups is 2. The van der Waals surface area contributed by atoms with Crippen molar-refractivity contribution < 1.29 is 19.1 Å². The lowest BCUT2D eigenvalue weighted by Gasteiger charge is -2.37. The molecule has 0 bridgehead atoms. The fourth-order valence-corrected chi connectivity index (χ4v) is 3.81. The summed E-state index contributed by atoms with van der Waals surface area (Å²) in [6.45, 7) is 2.35. The van der Waals surface area contributed by atoms with E-state index in [2.05, 4.69) is 0 Å². The molecule has 6 nitrogen and oxygen atoms in total. The van der Waals surface area contributed by atoms with Gasteiger partial charge in [0.05, 0.1) is 25.4 Å². The van der Waals surface area contributed by atoms with Crippen LogP contribution in [0, 0.1) is 0 Å². The van der Waals surface area contributed by atoms with E-state index in [0.717, 1.165) is 5.56 Å². The van der Waals surface area contributed by atoms with Crippen LogP contribution in [0.15, 0.2) is 47.2 Å². The number of hydrogen-bond donors (Lipinski definition) is 0. The third-order valence-electron chi connectivity index (χ3n) is 4.60. The standard InChI is InChI=1S/C20H20N2O4S/c23-19(6-5-15-7-12-27-14-15)22-13-18(20(24)21-8-10-25-11-9-21)26-17-4-2-1-3-16(17)22/h1-7,12,14,18H,8-11,13H2. The van der Waals surface area contributed by atoms with Gasteiger partial charge in [0.1, 0.15) is 5.75 Å². The average molecular weight is 384 g/mol. The molecule has 2 aromatic rings. The highest BCUT2D eigenvalue weighted by Gasteiger charge is 2.35. The van der Waals surface area contributed by atoms with Crippen molar-refractivity contribution in [3.63, 3.8) is 0 Å². The monoisotopic (exact) mass is 384 g/mol. The van der Waals surface area contributed by atoms with Crippen molar-refractivity contribution in [1.29, 1.82) is 0 Å². The SMILES string of the molecule is O=C(C1CN(C(=O)C=Cc2ccsc2)c2ccccc2O1)N1CCOCC1. The topological polar surface area (TPSA) is 59.1 Å². The Bertz CT molecular complexity index is 843. The fourth-order valence-electron chi connectivity index (χ4n) is 3.19. The molecule has 1 aromatic heterocycles. The minimum atomic E-state index is -0.712. The van der Waals surface area contributed by atoms with Crippen LogP contribution in [0.5, 0.6) is 5.75 Å². The van der Waals surface area contributed by atoms with E-state index in [0.29, 0.717) is 37.7 Å². The molecule has 0 spiro atoms. The first-order chi connectivity index (χ1) is 13.2. The molecule has 2 aliphatic heterocycles. The van der Waals surface area contributed by atoms with Crippen LogP contribution in [0.3, 0.4) is 0 Å². The molecule has 2 amide bonds. The molecule has 1 fully saturated rings. The Morgan fingerprint density at radius 2 is 1.96 bits per heavy atom. The van der Waals surface area contributed by atoms with Crippen LogP contribution in [-0.2, 0) is 14.3 Å². The second-order valence-electron chi connectivity index (χ2n) is 6.35. The van der Waals surface area contributed by atoms with Gasteiger partial charge in [-0.2, -0.15) is 11.3 Å². The smallest absolute Gasteiger partial charge is 0.265 e. The summed E-state index contributed by atoms with van der Waals surface area (Å²) < 4.78 is 11.2. The average Bonchev–Trinajstić information content (AvgIpc) is 3.25. The number of carbonyl (C=O) groups excluding carboxylic acids is 2. The Balaban J connectivity index is 1.56. The lowest BCUT2D eigenvalue weighted by molar-refractivity contribution is -0.142. The number of nitrogens with zero attached hydrogens (tertiary/aromatic N) is 2. The molecule has 0 N–H and O–H groups in total. The highest BCUT2D eigenvalue weighted by atomic mass is 32.1. The lowest BCUT2D eigenvalue weighted by atomic mass is 10.1. The number of amides is 2. The number of benzene rings is 1. The summed E-state index contributed by atoms with van der Waals surface area (Å²) in [5.74, 6) is 0.275. The highest BCUT2D eigenvalue weighted by Crippen LogP contribution is 2.33. The van der Waals surface area contributed by atoms with Gasteiger partial charge in [0.15, 0.2) is 6.10 Å². The maximum absolute atomic E-state index is 12.9. The number of rotatable bonds is 3. The van der Waals surface area contributed by atoms with Gasteiger partial charge in [0.2, 0.25) is 0 Å². The molecule has 1 saturated heterocycles. The summed E-state index contributed by atoms with van der Waals surface area (Å²) in [4.78, 5) is 29.1. The van der Waals surface area contributed by atoms with E-state index in [-0.39, 0.29) is 18.4 Å². The number of para-hydroxylation sites is 2. The van der Waals surface area contributed by atoms with Crippen LogP contribution in [0.1, 0.15) is 5.56 Å². The second kappa shape index (κ2) is 7.94. The molecule has 7 heteroatoms. The first-order valence-electron chi connectivity index (χ1n) is 8.86. The van der Waals surface area contributed by atoms with Gasteiger partial charge < -0.3 is 19.3 Å². The first-order valence-corrected chi connectivity index (χ1v) is 9.80. The molecular formula is C20H20N2O4S. The highest BCUT2D eigenvalue weighted by molar-refractivity contribution is 7.08. The Labute approximate surface area is 161 Å². The number of ether oxygens (including phenoxy) is 2. The normalized spacial score (nSPS) is 19.6. The van der Waals surface area contributed by atoms with Crippen LogP contribution in [0.25, 0.3) is 6.08 Å². The van der Waals surface area contributed by atoms with Crippen molar-refractivity contribution in [2.75, 3.05) is 37.7 Å². The third kappa shape index (κ3) is 3.89. The molecule has 140 valence electrons. The van der Waals surface area contributed by atoms with E-state index in [9.17, 15) is 9.59 Å². The predicted octanol–water partition coefficient (Wildman–Crippen LogP) is 2.41. The summed E-state index contributed by atoms with van der Waals surface area (Å²) in [6, 6.07) is 9.27. The Morgan fingerprint density at radius 3 is 2.74 bits per heavy atom. The van der Waals surface area contributed by atoms with E-state index in [1.807, 2.05) is 35.0 Å². The summed E-state index contributed by atoms with van der Waals surface area (Å²) in [5, 5.41) is 3.94. The molecule has 2 aliphatic rings. The Hall–Kier alpha value is -2.64. The van der Waals surface area contributed by atoms with Gasteiger partial charge in [-0.15, -0.1) is 0 Å². The number of morpholine rings is 1. The summed E-state index contributed by atoms with van der Waals surface area (Å²) in [5.41, 5.74) is 1.67. The van der Waals surface area contributed by atoms with Crippen molar-refractivity contribution in [2.45, 2.75) is 6.10 Å². The quantitative estimate of drug-likeness (QED) is 0.763. The van der Waals surface area contributed by atoms with Gasteiger partial charge >= 0.3 is 0 Å². The van der Waals surface area contributed by atoms with Crippen LogP contribution in [0.4, 0.5) is 5.69 Å². The first kappa shape index (κ1) is 17.8. The minimum absolute atomic E-state index is 0.104. The molecule has 1 aromatic carbocycles. The molecular weight excluding hydrogens is 364 g/mol. The van der Waals surface area contributed by atoms with Crippen molar-refractivity contribution >= 4 is 34.9 Å². The van der Waals surface area contributed by atoms with E-state index < -0.39 is 6.10 Å².